The number of aromatic amines is 2. The lowest BCUT2D eigenvalue weighted by atomic mass is 10.0. The van der Waals surface area contributed by atoms with Crippen LogP contribution in [-0.4, -0.2) is 14.8 Å². The van der Waals surface area contributed by atoms with E-state index in [0.717, 1.165) is 15.7 Å². The van der Waals surface area contributed by atoms with Crippen molar-refractivity contribution in [2.24, 2.45) is 0 Å². The molecule has 5 heteroatoms. The number of nitrogens with one attached hydrogen (secondary N) is 2. The summed E-state index contributed by atoms with van der Waals surface area (Å²) in [6, 6.07) is 3.65. The fourth-order valence-electron chi connectivity index (χ4n) is 1.69. The number of H-pyrrole nitrogens is 2. The van der Waals surface area contributed by atoms with Gasteiger partial charge in [0.05, 0.1) is 5.69 Å². The van der Waals surface area contributed by atoms with Gasteiger partial charge in [-0.25, -0.2) is 24.4 Å². The molecule has 2 N–H and O–H groups in total. The molecule has 0 fully saturated rings. The number of hydrogen-bond donors (Lipinski definition) is 2. The lowest BCUT2D eigenvalue weighted by Gasteiger charge is -2.07. The molecule has 0 saturated heterocycles. The zero-order valence-electron chi connectivity index (χ0n) is 9.42. The van der Waals surface area contributed by atoms with Crippen LogP contribution < -0.4 is 11.4 Å². The fourth-order valence-corrected chi connectivity index (χ4v) is 1.69. The average Bonchev–Trinajstić information content (AvgIpc) is 2.54. The van der Waals surface area contributed by atoms with Crippen LogP contribution in [0.1, 0.15) is 16.7 Å². The predicted octanol–water partition coefficient (Wildman–Crippen LogP) is 0.779. The molecule has 2 rings (SSSR count). The Morgan fingerprint density at radius 1 is 0.938 bits per heavy atom. The molecule has 1 aromatic heterocycles. The van der Waals surface area contributed by atoms with Crippen LogP contribution in [0.2, 0.25) is 0 Å². The van der Waals surface area contributed by atoms with E-state index in [1.807, 2.05) is 32.9 Å². The highest BCUT2D eigenvalue weighted by Gasteiger charge is 2.08. The Kier molecular flexibility index (Phi) is 2.30. The van der Waals surface area contributed by atoms with Gasteiger partial charge in [0.25, 0.3) is 0 Å². The minimum absolute atomic E-state index is 0.451. The third kappa shape index (κ3) is 1.50. The van der Waals surface area contributed by atoms with Crippen LogP contribution in [0.5, 0.6) is 0 Å². The van der Waals surface area contributed by atoms with E-state index in [4.69, 9.17) is 0 Å². The first-order chi connectivity index (χ1) is 7.50. The molecule has 0 unspecified atom stereocenters. The van der Waals surface area contributed by atoms with Gasteiger partial charge in [-0.05, 0) is 49.6 Å². The van der Waals surface area contributed by atoms with Gasteiger partial charge >= 0.3 is 11.4 Å². The Morgan fingerprint density at radius 3 is 1.81 bits per heavy atom. The summed E-state index contributed by atoms with van der Waals surface area (Å²) in [6.45, 7) is 5.92. The van der Waals surface area contributed by atoms with Gasteiger partial charge in [0, 0.05) is 0 Å². The van der Waals surface area contributed by atoms with Crippen molar-refractivity contribution in [2.75, 3.05) is 0 Å². The van der Waals surface area contributed by atoms with Crippen LogP contribution in [0, 0.1) is 20.8 Å². The fraction of sp³-hybridized carbons (Fsp3) is 0.273. The molecule has 0 spiro atoms. The van der Waals surface area contributed by atoms with Gasteiger partial charge < -0.3 is 0 Å². The normalized spacial score (nSPS) is 10.7. The highest BCUT2D eigenvalue weighted by atomic mass is 16.2. The maximum atomic E-state index is 11.4. The highest BCUT2D eigenvalue weighted by molar-refractivity contribution is 5.44. The van der Waals surface area contributed by atoms with Crippen molar-refractivity contribution in [3.8, 4) is 5.69 Å². The first kappa shape index (κ1) is 10.5. The number of aromatic nitrogens is 3. The van der Waals surface area contributed by atoms with Crippen molar-refractivity contribution < 1.29 is 0 Å². The van der Waals surface area contributed by atoms with Gasteiger partial charge in [-0.1, -0.05) is 0 Å². The van der Waals surface area contributed by atoms with Gasteiger partial charge in [0.1, 0.15) is 0 Å². The quantitative estimate of drug-likeness (QED) is 0.744. The molecule has 84 valence electrons. The van der Waals surface area contributed by atoms with Gasteiger partial charge in [0.15, 0.2) is 0 Å². The molecular formula is C11H13N3O2. The second kappa shape index (κ2) is 3.52. The lowest BCUT2D eigenvalue weighted by Crippen LogP contribution is -2.24. The molecule has 1 heterocycles. The van der Waals surface area contributed by atoms with Gasteiger partial charge in [-0.2, -0.15) is 0 Å². The van der Waals surface area contributed by atoms with E-state index in [-0.39, 0.29) is 0 Å². The van der Waals surface area contributed by atoms with E-state index in [9.17, 15) is 9.59 Å². The molecule has 1 aromatic carbocycles. The Morgan fingerprint density at radius 2 is 1.38 bits per heavy atom. The molecule has 0 aliphatic carbocycles. The minimum Gasteiger partial charge on any atom is -0.247 e. The number of hydrogen-bond acceptors (Lipinski definition) is 2. The lowest BCUT2D eigenvalue weighted by molar-refractivity contribution is 0.945. The largest absolute Gasteiger partial charge is 0.348 e. The van der Waals surface area contributed by atoms with Crippen LogP contribution in [0.15, 0.2) is 21.7 Å². The first-order valence-corrected chi connectivity index (χ1v) is 4.98. The molecule has 16 heavy (non-hydrogen) atoms. The third-order valence-electron chi connectivity index (χ3n) is 2.85. The number of benzene rings is 1. The minimum atomic E-state index is -0.451. The Labute approximate surface area is 91.7 Å². The molecule has 2 aromatic rings. The summed E-state index contributed by atoms with van der Waals surface area (Å²) in [7, 11) is 0. The zero-order chi connectivity index (χ0) is 11.9. The van der Waals surface area contributed by atoms with Crippen LogP contribution >= 0.6 is 0 Å². The summed E-state index contributed by atoms with van der Waals surface area (Å²) in [5.74, 6) is 0. The summed E-state index contributed by atoms with van der Waals surface area (Å²) in [5, 5.41) is 4.52. The summed E-state index contributed by atoms with van der Waals surface area (Å²) in [5.41, 5.74) is 2.97. The summed E-state index contributed by atoms with van der Waals surface area (Å²) >= 11 is 0. The summed E-state index contributed by atoms with van der Waals surface area (Å²) in [4.78, 5) is 22.8. The summed E-state index contributed by atoms with van der Waals surface area (Å²) in [6.07, 6.45) is 0. The highest BCUT2D eigenvalue weighted by Crippen LogP contribution is 2.16. The van der Waals surface area contributed by atoms with E-state index in [1.54, 1.807) is 0 Å². The first-order valence-electron chi connectivity index (χ1n) is 4.98. The standard InChI is InChI=1S/C11H13N3O2/c1-6-4-9(5-7(2)8(6)3)14-10(15)12-13-11(14)16/h4-5H,1-3H3,(H,12,15)(H,13,16). The molecule has 0 amide bonds. The van der Waals surface area contributed by atoms with Crippen LogP contribution in [0.4, 0.5) is 0 Å². The van der Waals surface area contributed by atoms with Crippen LogP contribution in [-0.2, 0) is 0 Å². The molecule has 0 aliphatic rings. The molecule has 0 radical (unpaired) electrons. The maximum absolute atomic E-state index is 11.4. The molecule has 0 atom stereocenters. The Balaban J connectivity index is 2.76. The van der Waals surface area contributed by atoms with E-state index >= 15 is 0 Å². The Bertz CT molecular complexity index is 595. The van der Waals surface area contributed by atoms with Gasteiger partial charge in [0.2, 0.25) is 0 Å². The number of rotatable bonds is 1. The van der Waals surface area contributed by atoms with Crippen molar-refractivity contribution in [3.63, 3.8) is 0 Å². The van der Waals surface area contributed by atoms with Gasteiger partial charge in [-0.15, -0.1) is 0 Å². The topological polar surface area (TPSA) is 70.7 Å². The molecule has 0 saturated carbocycles. The molecular weight excluding hydrogens is 206 g/mol. The van der Waals surface area contributed by atoms with Crippen molar-refractivity contribution in [1.82, 2.24) is 14.8 Å². The smallest absolute Gasteiger partial charge is 0.247 e. The van der Waals surface area contributed by atoms with E-state index < -0.39 is 11.4 Å². The molecule has 0 bridgehead atoms. The van der Waals surface area contributed by atoms with E-state index in [1.165, 1.54) is 5.56 Å². The predicted molar refractivity (Wildman–Crippen MR) is 61.2 cm³/mol. The van der Waals surface area contributed by atoms with Gasteiger partial charge in [-0.3, -0.25) is 0 Å². The van der Waals surface area contributed by atoms with Crippen molar-refractivity contribution >= 4 is 0 Å². The summed E-state index contributed by atoms with van der Waals surface area (Å²) < 4.78 is 1.08. The van der Waals surface area contributed by atoms with Crippen molar-refractivity contribution in [3.05, 3.63) is 49.8 Å². The van der Waals surface area contributed by atoms with Crippen LogP contribution in [0.3, 0.4) is 0 Å². The SMILES string of the molecule is Cc1cc(-n2c(=O)[nH][nH]c2=O)cc(C)c1C. The maximum Gasteiger partial charge on any atom is 0.348 e. The van der Waals surface area contributed by atoms with Crippen molar-refractivity contribution in [1.29, 1.82) is 0 Å². The van der Waals surface area contributed by atoms with Crippen molar-refractivity contribution in [2.45, 2.75) is 20.8 Å². The monoisotopic (exact) mass is 219 g/mol. The zero-order valence-corrected chi connectivity index (χ0v) is 9.42. The average molecular weight is 219 g/mol. The molecule has 5 nitrogen and oxygen atoms in total. The van der Waals surface area contributed by atoms with E-state index in [0.29, 0.717) is 5.69 Å². The number of aryl methyl sites for hydroxylation is 2. The Hall–Kier alpha value is -2.04. The third-order valence-corrected chi connectivity index (χ3v) is 2.85. The van der Waals surface area contributed by atoms with E-state index in [2.05, 4.69) is 10.2 Å². The number of nitrogens with zero attached hydrogens (tertiary/aromatic N) is 1. The second-order valence-corrected chi connectivity index (χ2v) is 3.90. The second-order valence-electron chi connectivity index (χ2n) is 3.90. The molecule has 0 aliphatic heterocycles. The van der Waals surface area contributed by atoms with Crippen LogP contribution in [0.25, 0.3) is 5.69 Å².